The molecule has 2 fully saturated rings. The van der Waals surface area contributed by atoms with E-state index in [0.29, 0.717) is 36.6 Å². The van der Waals surface area contributed by atoms with Crippen LogP contribution in [0, 0.1) is 12.8 Å². The van der Waals surface area contributed by atoms with Gasteiger partial charge in [-0.2, -0.15) is 0 Å². The number of benzene rings is 1. The monoisotopic (exact) mass is 349 g/mol. The molecule has 6 nitrogen and oxygen atoms in total. The van der Waals surface area contributed by atoms with Crippen molar-refractivity contribution in [1.29, 1.82) is 0 Å². The number of halogens is 1. The number of carbonyl (C=O) groups is 3. The molecule has 0 aromatic heterocycles. The van der Waals surface area contributed by atoms with Crippen molar-refractivity contribution in [2.75, 3.05) is 18.0 Å². The number of primary amides is 1. The molecule has 0 spiro atoms. The third-order valence-corrected chi connectivity index (χ3v) is 5.14. The number of nitrogens with two attached hydrogens (primary N) is 1. The van der Waals surface area contributed by atoms with Crippen LogP contribution in [-0.4, -0.2) is 41.8 Å². The first-order valence-electron chi connectivity index (χ1n) is 8.05. The number of hydrogen-bond donors (Lipinski definition) is 1. The van der Waals surface area contributed by atoms with Crippen LogP contribution in [0.4, 0.5) is 5.69 Å². The van der Waals surface area contributed by atoms with Crippen molar-refractivity contribution in [2.24, 2.45) is 11.7 Å². The maximum atomic E-state index is 12.8. The first-order chi connectivity index (χ1) is 11.4. The van der Waals surface area contributed by atoms with Crippen LogP contribution < -0.4 is 10.6 Å². The number of imide groups is 1. The molecule has 0 bridgehead atoms. The Hall–Kier alpha value is -1.92. The molecule has 2 N–H and O–H groups in total. The van der Waals surface area contributed by atoms with Gasteiger partial charge in [0.05, 0.1) is 18.2 Å². The van der Waals surface area contributed by atoms with Gasteiger partial charge in [-0.25, -0.2) is 4.90 Å². The second-order valence-electron chi connectivity index (χ2n) is 6.43. The van der Waals surface area contributed by atoms with Gasteiger partial charge in [0.25, 0.3) is 5.91 Å². The molecule has 2 saturated heterocycles. The molecule has 1 unspecified atom stereocenters. The minimum atomic E-state index is -0.468. The molecule has 2 heterocycles. The molecular formula is C17H20ClN3O3. The Morgan fingerprint density at radius 2 is 1.92 bits per heavy atom. The second-order valence-corrected chi connectivity index (χ2v) is 6.87. The lowest BCUT2D eigenvalue weighted by Crippen LogP contribution is -2.47. The summed E-state index contributed by atoms with van der Waals surface area (Å²) in [5, 5.41) is 0.488. The number of amides is 3. The summed E-state index contributed by atoms with van der Waals surface area (Å²) in [7, 11) is 0. The topological polar surface area (TPSA) is 83.7 Å². The number of rotatable bonds is 3. The summed E-state index contributed by atoms with van der Waals surface area (Å²) in [6.07, 6.45) is 1.42. The van der Waals surface area contributed by atoms with Crippen LogP contribution in [-0.2, 0) is 14.4 Å². The van der Waals surface area contributed by atoms with Gasteiger partial charge >= 0.3 is 0 Å². The molecule has 128 valence electrons. The molecule has 0 saturated carbocycles. The van der Waals surface area contributed by atoms with E-state index in [-0.39, 0.29) is 30.1 Å². The molecule has 1 atom stereocenters. The van der Waals surface area contributed by atoms with Gasteiger partial charge in [0, 0.05) is 10.9 Å². The van der Waals surface area contributed by atoms with Crippen molar-refractivity contribution in [1.82, 2.24) is 4.90 Å². The third kappa shape index (κ3) is 3.03. The van der Waals surface area contributed by atoms with Crippen LogP contribution in [0.5, 0.6) is 0 Å². The van der Waals surface area contributed by atoms with Crippen LogP contribution in [0.15, 0.2) is 18.2 Å². The first-order valence-corrected chi connectivity index (χ1v) is 8.42. The minimum Gasteiger partial charge on any atom is -0.369 e. The number of piperidine rings is 1. The van der Waals surface area contributed by atoms with E-state index in [4.69, 9.17) is 17.3 Å². The van der Waals surface area contributed by atoms with Crippen molar-refractivity contribution in [3.8, 4) is 0 Å². The molecule has 1 aromatic carbocycles. The van der Waals surface area contributed by atoms with E-state index >= 15 is 0 Å². The number of aryl methyl sites for hydroxylation is 1. The van der Waals surface area contributed by atoms with E-state index in [9.17, 15) is 14.4 Å². The van der Waals surface area contributed by atoms with Crippen LogP contribution in [0.25, 0.3) is 0 Å². The van der Waals surface area contributed by atoms with Crippen LogP contribution >= 0.6 is 11.6 Å². The van der Waals surface area contributed by atoms with E-state index < -0.39 is 6.04 Å². The largest absolute Gasteiger partial charge is 0.369 e. The molecular weight excluding hydrogens is 330 g/mol. The maximum absolute atomic E-state index is 12.8. The Kier molecular flexibility index (Phi) is 4.60. The van der Waals surface area contributed by atoms with Gasteiger partial charge in [-0.1, -0.05) is 17.7 Å². The van der Waals surface area contributed by atoms with Crippen molar-refractivity contribution in [3.63, 3.8) is 0 Å². The van der Waals surface area contributed by atoms with Crippen LogP contribution in [0.2, 0.25) is 5.02 Å². The highest BCUT2D eigenvalue weighted by atomic mass is 35.5. The summed E-state index contributed by atoms with van der Waals surface area (Å²) in [5.41, 5.74) is 6.72. The second kappa shape index (κ2) is 6.53. The summed E-state index contributed by atoms with van der Waals surface area (Å²) >= 11 is 6.02. The minimum absolute atomic E-state index is 0.139. The average molecular weight is 350 g/mol. The summed E-state index contributed by atoms with van der Waals surface area (Å²) in [6.45, 7) is 3.04. The van der Waals surface area contributed by atoms with Gasteiger partial charge in [0.1, 0.15) is 0 Å². The van der Waals surface area contributed by atoms with E-state index in [1.165, 1.54) is 4.90 Å². The summed E-state index contributed by atoms with van der Waals surface area (Å²) in [4.78, 5) is 39.8. The average Bonchev–Trinajstić information content (AvgIpc) is 2.84. The number of hydrogen-bond acceptors (Lipinski definition) is 4. The molecule has 24 heavy (non-hydrogen) atoms. The Morgan fingerprint density at radius 3 is 2.54 bits per heavy atom. The van der Waals surface area contributed by atoms with Gasteiger partial charge in [0.2, 0.25) is 11.8 Å². The first kappa shape index (κ1) is 16.9. The highest BCUT2D eigenvalue weighted by molar-refractivity contribution is 6.31. The molecule has 1 aromatic rings. The lowest BCUT2D eigenvalue weighted by Gasteiger charge is -2.33. The van der Waals surface area contributed by atoms with Crippen molar-refractivity contribution in [2.45, 2.75) is 32.2 Å². The predicted molar refractivity (Wildman–Crippen MR) is 90.6 cm³/mol. The van der Waals surface area contributed by atoms with E-state index in [2.05, 4.69) is 0 Å². The van der Waals surface area contributed by atoms with E-state index in [0.717, 1.165) is 5.56 Å². The molecule has 0 aliphatic carbocycles. The lowest BCUT2D eigenvalue weighted by atomic mass is 9.95. The molecule has 2 aliphatic heterocycles. The quantitative estimate of drug-likeness (QED) is 0.838. The van der Waals surface area contributed by atoms with Gasteiger partial charge in [-0.05, 0) is 50.6 Å². The fourth-order valence-corrected chi connectivity index (χ4v) is 3.64. The Balaban J connectivity index is 1.78. The van der Waals surface area contributed by atoms with Gasteiger partial charge in [-0.3, -0.25) is 19.3 Å². The smallest absolute Gasteiger partial charge is 0.251 e. The summed E-state index contributed by atoms with van der Waals surface area (Å²) < 4.78 is 0. The van der Waals surface area contributed by atoms with Crippen molar-refractivity contribution in [3.05, 3.63) is 28.8 Å². The van der Waals surface area contributed by atoms with Gasteiger partial charge in [0.15, 0.2) is 0 Å². The lowest BCUT2D eigenvalue weighted by molar-refractivity contribution is -0.124. The number of anilines is 1. The number of likely N-dealkylation sites (tertiary alicyclic amines) is 1. The fourth-order valence-electron chi connectivity index (χ4n) is 3.47. The van der Waals surface area contributed by atoms with Gasteiger partial charge in [-0.15, -0.1) is 0 Å². The Morgan fingerprint density at radius 1 is 1.25 bits per heavy atom. The zero-order chi connectivity index (χ0) is 17.4. The summed E-state index contributed by atoms with van der Waals surface area (Å²) in [5.74, 6) is -0.866. The molecule has 3 rings (SSSR count). The summed E-state index contributed by atoms with van der Waals surface area (Å²) in [6, 6.07) is 4.71. The zero-order valence-corrected chi connectivity index (χ0v) is 14.3. The van der Waals surface area contributed by atoms with Crippen molar-refractivity contribution >= 4 is 35.0 Å². The normalized spacial score (nSPS) is 23.1. The SMILES string of the molecule is Cc1ccc(Cl)cc1N1C(=O)CC(N2CCC(C(N)=O)CC2)C1=O. The molecule has 0 radical (unpaired) electrons. The van der Waals surface area contributed by atoms with Crippen LogP contribution in [0.3, 0.4) is 0 Å². The number of carbonyl (C=O) groups excluding carboxylic acids is 3. The maximum Gasteiger partial charge on any atom is 0.251 e. The fraction of sp³-hybridized carbons (Fsp3) is 0.471. The predicted octanol–water partition coefficient (Wildman–Crippen LogP) is 1.48. The number of nitrogens with zero attached hydrogens (tertiary/aromatic N) is 2. The zero-order valence-electron chi connectivity index (χ0n) is 13.5. The van der Waals surface area contributed by atoms with E-state index in [1.54, 1.807) is 18.2 Å². The Bertz CT molecular complexity index is 698. The highest BCUT2D eigenvalue weighted by Crippen LogP contribution is 2.31. The highest BCUT2D eigenvalue weighted by Gasteiger charge is 2.44. The van der Waals surface area contributed by atoms with Crippen molar-refractivity contribution < 1.29 is 14.4 Å². The molecule has 2 aliphatic rings. The molecule has 3 amide bonds. The van der Waals surface area contributed by atoms with Crippen LogP contribution in [0.1, 0.15) is 24.8 Å². The third-order valence-electron chi connectivity index (χ3n) is 4.91. The van der Waals surface area contributed by atoms with E-state index in [1.807, 2.05) is 11.8 Å². The van der Waals surface area contributed by atoms with Gasteiger partial charge < -0.3 is 5.73 Å². The standard InChI is InChI=1S/C17H20ClN3O3/c1-10-2-3-12(18)8-13(10)21-15(22)9-14(17(21)24)20-6-4-11(5-7-20)16(19)23/h2-3,8,11,14H,4-7,9H2,1H3,(H2,19,23). The Labute approximate surface area is 145 Å². The molecule has 7 heteroatoms.